The van der Waals surface area contributed by atoms with Crippen molar-refractivity contribution >= 4 is 48.7 Å². The lowest BCUT2D eigenvalue weighted by Gasteiger charge is -2.33. The molecule has 0 unspecified atom stereocenters. The van der Waals surface area contributed by atoms with Crippen LogP contribution in [0.25, 0.3) is 10.1 Å². The molecule has 2 aromatic heterocycles. The molecule has 1 aromatic carbocycles. The number of halogens is 1. The molecule has 160 valence electrons. The highest BCUT2D eigenvalue weighted by molar-refractivity contribution is 7.91. The quantitative estimate of drug-likeness (QED) is 0.573. The highest BCUT2D eigenvalue weighted by Crippen LogP contribution is 2.35. The number of amides is 1. The van der Waals surface area contributed by atoms with Crippen LogP contribution in [0.2, 0.25) is 0 Å². The number of benzene rings is 1. The fraction of sp³-hybridized carbons (Fsp3) is 0.350. The molecule has 10 heteroatoms. The Labute approximate surface area is 182 Å². The van der Waals surface area contributed by atoms with Gasteiger partial charge in [-0.25, -0.2) is 12.8 Å². The van der Waals surface area contributed by atoms with Crippen molar-refractivity contribution in [2.45, 2.75) is 17.7 Å². The molecule has 1 amide bonds. The van der Waals surface area contributed by atoms with E-state index in [-0.39, 0.29) is 44.5 Å². The number of nitrogens with zero attached hydrogens (tertiary/aromatic N) is 2. The van der Waals surface area contributed by atoms with Gasteiger partial charge in [-0.15, -0.1) is 22.7 Å². The average molecular weight is 469 g/mol. The van der Waals surface area contributed by atoms with E-state index in [4.69, 9.17) is 4.74 Å². The van der Waals surface area contributed by atoms with Gasteiger partial charge in [-0.1, -0.05) is 6.07 Å². The second kappa shape index (κ2) is 8.35. The predicted molar refractivity (Wildman–Crippen MR) is 116 cm³/mol. The highest BCUT2D eigenvalue weighted by atomic mass is 32.2. The van der Waals surface area contributed by atoms with Gasteiger partial charge in [0.25, 0.3) is 15.9 Å². The molecule has 0 atom stereocenters. The summed E-state index contributed by atoms with van der Waals surface area (Å²) >= 11 is 2.49. The lowest BCUT2D eigenvalue weighted by Crippen LogP contribution is -2.50. The van der Waals surface area contributed by atoms with Crippen molar-refractivity contribution in [2.24, 2.45) is 0 Å². The summed E-state index contributed by atoms with van der Waals surface area (Å²) in [5.41, 5.74) is 0.546. The van der Waals surface area contributed by atoms with Crippen molar-refractivity contribution in [3.05, 3.63) is 51.5 Å². The van der Waals surface area contributed by atoms with Gasteiger partial charge in [-0.05, 0) is 31.2 Å². The molecule has 0 aliphatic carbocycles. The van der Waals surface area contributed by atoms with Crippen LogP contribution >= 0.6 is 22.7 Å². The summed E-state index contributed by atoms with van der Waals surface area (Å²) in [4.78, 5) is 16.2. The lowest BCUT2D eigenvalue weighted by molar-refractivity contribution is 0.0699. The maximum Gasteiger partial charge on any atom is 0.264 e. The van der Waals surface area contributed by atoms with E-state index < -0.39 is 10.0 Å². The number of hydrogen-bond donors (Lipinski definition) is 0. The van der Waals surface area contributed by atoms with Crippen LogP contribution in [-0.2, 0) is 21.4 Å². The molecule has 3 aromatic rings. The van der Waals surface area contributed by atoms with Gasteiger partial charge >= 0.3 is 0 Å². The third kappa shape index (κ3) is 3.78. The van der Waals surface area contributed by atoms with E-state index in [0.29, 0.717) is 24.7 Å². The largest absolute Gasteiger partial charge is 0.380 e. The van der Waals surface area contributed by atoms with Crippen molar-refractivity contribution in [3.63, 3.8) is 0 Å². The molecular formula is C20H21FN2O4S3. The van der Waals surface area contributed by atoms with E-state index in [9.17, 15) is 17.6 Å². The van der Waals surface area contributed by atoms with Crippen LogP contribution in [0.5, 0.6) is 0 Å². The van der Waals surface area contributed by atoms with Gasteiger partial charge in [0.2, 0.25) is 0 Å². The Hall–Kier alpha value is -1.85. The zero-order chi connectivity index (χ0) is 21.5. The van der Waals surface area contributed by atoms with Crippen LogP contribution in [0.1, 0.15) is 20.1 Å². The minimum absolute atomic E-state index is 0.133. The first-order valence-electron chi connectivity index (χ1n) is 9.37. The Kier molecular flexibility index (Phi) is 5.95. The summed E-state index contributed by atoms with van der Waals surface area (Å²) in [6.07, 6.45) is 0. The van der Waals surface area contributed by atoms with Crippen molar-refractivity contribution in [1.82, 2.24) is 9.21 Å². The summed E-state index contributed by atoms with van der Waals surface area (Å²) in [5, 5.41) is 0.418. The first-order chi connectivity index (χ1) is 14.3. The van der Waals surface area contributed by atoms with Crippen LogP contribution in [-0.4, -0.2) is 56.8 Å². The van der Waals surface area contributed by atoms with E-state index in [1.54, 1.807) is 29.2 Å². The third-order valence-corrected chi connectivity index (χ3v) is 9.63. The molecule has 0 N–H and O–H groups in total. The number of aryl methyl sites for hydroxylation is 1. The normalized spacial score (nSPS) is 15.8. The Morgan fingerprint density at radius 1 is 1.13 bits per heavy atom. The fourth-order valence-corrected chi connectivity index (χ4v) is 7.62. The molecule has 1 aliphatic rings. The molecule has 1 aliphatic heterocycles. The SMILES string of the molecule is COCc1c(C(=O)N2CCN(S(=O)(=O)c3ccc(C)s3)CC2)sc2cccc(F)c12. The molecule has 0 spiro atoms. The zero-order valence-corrected chi connectivity index (χ0v) is 19.0. The summed E-state index contributed by atoms with van der Waals surface area (Å²) in [7, 11) is -2.04. The maximum absolute atomic E-state index is 14.4. The van der Waals surface area contributed by atoms with Crippen molar-refractivity contribution in [1.29, 1.82) is 0 Å². The summed E-state index contributed by atoms with van der Waals surface area (Å²) in [5.74, 6) is -0.594. The molecule has 0 bridgehead atoms. The Bertz CT molecular complexity index is 1190. The number of methoxy groups -OCH3 is 1. The van der Waals surface area contributed by atoms with Gasteiger partial charge in [0.15, 0.2) is 0 Å². The van der Waals surface area contributed by atoms with Crippen molar-refractivity contribution < 1.29 is 22.3 Å². The number of piperazine rings is 1. The third-order valence-electron chi connectivity index (χ3n) is 5.08. The van der Waals surface area contributed by atoms with E-state index in [1.807, 2.05) is 6.92 Å². The Balaban J connectivity index is 1.55. The second-order valence-corrected chi connectivity index (χ2v) is 11.5. The maximum atomic E-state index is 14.4. The zero-order valence-electron chi connectivity index (χ0n) is 16.6. The van der Waals surface area contributed by atoms with E-state index in [2.05, 4.69) is 0 Å². The number of rotatable bonds is 5. The summed E-state index contributed by atoms with van der Waals surface area (Å²) in [6, 6.07) is 8.19. The molecule has 4 rings (SSSR count). The van der Waals surface area contributed by atoms with Gasteiger partial charge in [0.05, 0.1) is 11.5 Å². The standard InChI is InChI=1S/C20H21FN2O4S3/c1-13-6-7-17(28-13)30(25,26)23-10-8-22(9-11-23)20(24)19-14(12-27-2)18-15(21)4-3-5-16(18)29-19/h3-7H,8-12H2,1-2H3. The molecule has 0 saturated carbocycles. The van der Waals surface area contributed by atoms with Gasteiger partial charge in [0.1, 0.15) is 10.0 Å². The van der Waals surface area contributed by atoms with Crippen molar-refractivity contribution in [3.8, 4) is 0 Å². The number of ether oxygens (including phenoxy) is 1. The molecular weight excluding hydrogens is 447 g/mol. The van der Waals surface area contributed by atoms with Gasteiger partial charge in [0, 0.05) is 53.8 Å². The van der Waals surface area contributed by atoms with Gasteiger partial charge < -0.3 is 9.64 Å². The molecule has 30 heavy (non-hydrogen) atoms. The number of sulfonamides is 1. The van der Waals surface area contributed by atoms with E-state index in [0.717, 1.165) is 4.88 Å². The minimum atomic E-state index is -3.55. The van der Waals surface area contributed by atoms with Crippen LogP contribution in [0, 0.1) is 12.7 Å². The lowest BCUT2D eigenvalue weighted by atomic mass is 10.1. The van der Waals surface area contributed by atoms with E-state index >= 15 is 0 Å². The first-order valence-corrected chi connectivity index (χ1v) is 12.4. The first kappa shape index (κ1) is 21.4. The molecule has 1 saturated heterocycles. The van der Waals surface area contributed by atoms with Crippen LogP contribution in [0.15, 0.2) is 34.5 Å². The Morgan fingerprint density at radius 3 is 2.50 bits per heavy atom. The number of hydrogen-bond acceptors (Lipinski definition) is 6. The van der Waals surface area contributed by atoms with Crippen LogP contribution in [0.3, 0.4) is 0 Å². The smallest absolute Gasteiger partial charge is 0.264 e. The Morgan fingerprint density at radius 2 is 1.87 bits per heavy atom. The summed E-state index contributed by atoms with van der Waals surface area (Å²) in [6.45, 7) is 3.02. The fourth-order valence-electron chi connectivity index (χ4n) is 3.58. The molecule has 1 fully saturated rings. The number of carbonyl (C=O) groups is 1. The number of thiophene rings is 2. The number of fused-ring (bicyclic) bond motifs is 1. The topological polar surface area (TPSA) is 66.9 Å². The monoisotopic (exact) mass is 468 g/mol. The van der Waals surface area contributed by atoms with Crippen LogP contribution < -0.4 is 0 Å². The average Bonchev–Trinajstić information content (AvgIpc) is 3.33. The van der Waals surface area contributed by atoms with Gasteiger partial charge in [-0.3, -0.25) is 4.79 Å². The minimum Gasteiger partial charge on any atom is -0.380 e. The van der Waals surface area contributed by atoms with Crippen molar-refractivity contribution in [2.75, 3.05) is 33.3 Å². The molecule has 0 radical (unpaired) electrons. The molecule has 6 nitrogen and oxygen atoms in total. The predicted octanol–water partition coefficient (Wildman–Crippen LogP) is 3.70. The van der Waals surface area contributed by atoms with E-state index in [1.165, 1.54) is 40.2 Å². The molecule has 3 heterocycles. The number of carbonyl (C=O) groups excluding carboxylic acids is 1. The van der Waals surface area contributed by atoms with Crippen LogP contribution in [0.4, 0.5) is 4.39 Å². The summed E-state index contributed by atoms with van der Waals surface area (Å²) < 4.78 is 47.7. The van der Waals surface area contributed by atoms with Gasteiger partial charge in [-0.2, -0.15) is 4.31 Å². The second-order valence-electron chi connectivity index (χ2n) is 7.02. The highest BCUT2D eigenvalue weighted by Gasteiger charge is 2.33.